The van der Waals surface area contributed by atoms with Crippen molar-refractivity contribution >= 4 is 22.3 Å². The lowest BCUT2D eigenvalue weighted by molar-refractivity contribution is 0.331. The number of likely N-dealkylation sites (tertiary alicyclic amines) is 1. The van der Waals surface area contributed by atoms with Gasteiger partial charge in [-0.05, 0) is 61.3 Å². The lowest BCUT2D eigenvalue weighted by Crippen LogP contribution is -2.18. The molecule has 3 aromatic heterocycles. The quantitative estimate of drug-likeness (QED) is 0.446. The Balaban J connectivity index is 1.43. The first-order chi connectivity index (χ1) is 15.2. The molecule has 4 heterocycles. The summed E-state index contributed by atoms with van der Waals surface area (Å²) >= 11 is 0. The first-order valence-electron chi connectivity index (χ1n) is 10.5. The third-order valence-corrected chi connectivity index (χ3v) is 5.66. The maximum absolute atomic E-state index is 11.3. The summed E-state index contributed by atoms with van der Waals surface area (Å²) in [7, 11) is 0. The van der Waals surface area contributed by atoms with Crippen molar-refractivity contribution in [2.45, 2.75) is 19.4 Å². The number of H-pyrrole nitrogens is 2. The Bertz CT molecular complexity index is 1280. The summed E-state index contributed by atoms with van der Waals surface area (Å²) in [6.45, 7) is 7.41. The summed E-state index contributed by atoms with van der Waals surface area (Å²) in [6.07, 6.45) is 8.04. The minimum absolute atomic E-state index is 0.147. The Labute approximate surface area is 179 Å². The number of fused-ring (bicyclic) bond motifs is 1. The van der Waals surface area contributed by atoms with Gasteiger partial charge < -0.3 is 10.3 Å². The number of pyridine rings is 2. The molecule has 0 unspecified atom stereocenters. The zero-order chi connectivity index (χ0) is 21.2. The van der Waals surface area contributed by atoms with E-state index in [-0.39, 0.29) is 5.56 Å². The van der Waals surface area contributed by atoms with Crippen LogP contribution >= 0.6 is 0 Å². The van der Waals surface area contributed by atoms with Crippen molar-refractivity contribution in [1.29, 1.82) is 0 Å². The Morgan fingerprint density at radius 1 is 1.10 bits per heavy atom. The average Bonchev–Trinajstić information content (AvgIpc) is 3.45. The number of nitrogens with one attached hydrogen (secondary N) is 3. The van der Waals surface area contributed by atoms with Crippen LogP contribution < -0.4 is 10.9 Å². The van der Waals surface area contributed by atoms with Crippen LogP contribution in [0.4, 0.5) is 5.69 Å². The van der Waals surface area contributed by atoms with Crippen LogP contribution in [-0.4, -0.2) is 38.2 Å². The minimum atomic E-state index is -0.147. The molecule has 1 aromatic carbocycles. The number of hydrogen-bond donors (Lipinski definition) is 3. The predicted octanol–water partition coefficient (Wildman–Crippen LogP) is 3.99. The van der Waals surface area contributed by atoms with Gasteiger partial charge in [-0.15, -0.1) is 0 Å². The smallest absolute Gasteiger partial charge is 0.248 e. The highest BCUT2D eigenvalue weighted by Gasteiger charge is 2.14. The molecule has 5 rings (SSSR count). The van der Waals surface area contributed by atoms with E-state index < -0.39 is 0 Å². The zero-order valence-electron chi connectivity index (χ0n) is 17.2. The van der Waals surface area contributed by atoms with E-state index >= 15 is 0 Å². The zero-order valence-corrected chi connectivity index (χ0v) is 17.2. The summed E-state index contributed by atoms with van der Waals surface area (Å²) in [5, 5.41) is 11.7. The fourth-order valence-corrected chi connectivity index (χ4v) is 4.08. The second-order valence-corrected chi connectivity index (χ2v) is 7.94. The summed E-state index contributed by atoms with van der Waals surface area (Å²) in [5.74, 6) is 0. The number of anilines is 1. The van der Waals surface area contributed by atoms with Crippen molar-refractivity contribution in [2.75, 3.05) is 18.4 Å². The SMILES string of the molecule is C=C(Nc1ccc(=O)[nH]c1)c1n[nH]c2ccc(-c3cncc(CN4CCCC4)c3)cc12. The van der Waals surface area contributed by atoms with Crippen molar-refractivity contribution in [3.63, 3.8) is 0 Å². The highest BCUT2D eigenvalue weighted by molar-refractivity contribution is 5.94. The fourth-order valence-electron chi connectivity index (χ4n) is 4.08. The molecular formula is C24H24N6O. The number of rotatable bonds is 6. The monoisotopic (exact) mass is 412 g/mol. The first kappa shape index (κ1) is 19.3. The van der Waals surface area contributed by atoms with Gasteiger partial charge in [-0.2, -0.15) is 5.10 Å². The predicted molar refractivity (Wildman–Crippen MR) is 124 cm³/mol. The van der Waals surface area contributed by atoms with Gasteiger partial charge in [0.25, 0.3) is 0 Å². The van der Waals surface area contributed by atoms with Gasteiger partial charge in [0, 0.05) is 42.2 Å². The summed E-state index contributed by atoms with van der Waals surface area (Å²) in [4.78, 5) is 20.9. The van der Waals surface area contributed by atoms with Crippen LogP contribution in [-0.2, 0) is 6.54 Å². The molecule has 1 fully saturated rings. The molecule has 0 spiro atoms. The molecule has 1 aliphatic heterocycles. The third kappa shape index (κ3) is 4.13. The Hall–Kier alpha value is -3.71. The summed E-state index contributed by atoms with van der Waals surface area (Å²) < 4.78 is 0. The molecule has 156 valence electrons. The number of hydrogen-bond acceptors (Lipinski definition) is 5. The van der Waals surface area contributed by atoms with Gasteiger partial charge >= 0.3 is 0 Å². The number of aromatic nitrogens is 4. The van der Waals surface area contributed by atoms with Gasteiger partial charge in [0.15, 0.2) is 0 Å². The Kier molecular flexibility index (Phi) is 5.09. The Morgan fingerprint density at radius 2 is 1.97 bits per heavy atom. The lowest BCUT2D eigenvalue weighted by atomic mass is 10.0. The molecule has 1 aliphatic rings. The molecule has 1 saturated heterocycles. The van der Waals surface area contributed by atoms with E-state index in [1.807, 2.05) is 18.5 Å². The van der Waals surface area contributed by atoms with E-state index in [0.29, 0.717) is 5.70 Å². The van der Waals surface area contributed by atoms with Crippen LogP contribution in [0.5, 0.6) is 0 Å². The molecule has 0 amide bonds. The molecule has 7 heteroatoms. The number of benzene rings is 1. The van der Waals surface area contributed by atoms with Gasteiger partial charge in [-0.3, -0.25) is 19.8 Å². The number of aromatic amines is 2. The van der Waals surface area contributed by atoms with Crippen molar-refractivity contribution in [2.24, 2.45) is 0 Å². The maximum atomic E-state index is 11.3. The highest BCUT2D eigenvalue weighted by atomic mass is 16.1. The van der Waals surface area contributed by atoms with Gasteiger partial charge in [0.1, 0.15) is 5.69 Å². The summed E-state index contributed by atoms with van der Waals surface area (Å²) in [5.41, 5.74) is 6.33. The third-order valence-electron chi connectivity index (χ3n) is 5.66. The standard InChI is InChI=1S/C24H24N6O/c1-16(27-20-5-7-23(31)26-14-20)24-21-11-18(4-6-22(21)28-29-24)19-10-17(12-25-13-19)15-30-8-2-3-9-30/h4-7,10-14,27H,1-3,8-9,15H2,(H,26,31)(H,28,29). The molecule has 7 nitrogen and oxygen atoms in total. The lowest BCUT2D eigenvalue weighted by Gasteiger charge is -2.14. The van der Waals surface area contributed by atoms with E-state index in [2.05, 4.69) is 55.2 Å². The van der Waals surface area contributed by atoms with Gasteiger partial charge in [0.05, 0.1) is 16.9 Å². The van der Waals surface area contributed by atoms with Crippen molar-refractivity contribution in [3.05, 3.63) is 83.2 Å². The minimum Gasteiger partial charge on any atom is -0.353 e. The topological polar surface area (TPSA) is 89.7 Å². The molecule has 0 atom stereocenters. The van der Waals surface area contributed by atoms with E-state index in [9.17, 15) is 4.79 Å². The fraction of sp³-hybridized carbons (Fsp3) is 0.208. The van der Waals surface area contributed by atoms with Gasteiger partial charge in [-0.25, -0.2) is 0 Å². The van der Waals surface area contributed by atoms with Crippen LogP contribution in [0.15, 0.2) is 66.4 Å². The normalized spacial score (nSPS) is 14.2. The first-order valence-corrected chi connectivity index (χ1v) is 10.5. The van der Waals surface area contributed by atoms with E-state index in [4.69, 9.17) is 0 Å². The molecule has 0 bridgehead atoms. The summed E-state index contributed by atoms with van der Waals surface area (Å²) in [6, 6.07) is 11.6. The van der Waals surface area contributed by atoms with Gasteiger partial charge in [0.2, 0.25) is 5.56 Å². The van der Waals surface area contributed by atoms with Crippen molar-refractivity contribution in [3.8, 4) is 11.1 Å². The van der Waals surface area contributed by atoms with E-state index in [0.717, 1.165) is 40.0 Å². The molecule has 4 aromatic rings. The second-order valence-electron chi connectivity index (χ2n) is 7.94. The molecule has 0 saturated carbocycles. The van der Waals surface area contributed by atoms with Crippen LogP contribution in [0, 0.1) is 0 Å². The van der Waals surface area contributed by atoms with Crippen LogP contribution in [0.3, 0.4) is 0 Å². The highest BCUT2D eigenvalue weighted by Crippen LogP contribution is 2.29. The van der Waals surface area contributed by atoms with Crippen LogP contribution in [0.1, 0.15) is 24.1 Å². The number of nitrogens with zero attached hydrogens (tertiary/aromatic N) is 3. The van der Waals surface area contributed by atoms with E-state index in [1.165, 1.54) is 37.6 Å². The second kappa shape index (κ2) is 8.20. The van der Waals surface area contributed by atoms with Crippen molar-refractivity contribution < 1.29 is 0 Å². The average molecular weight is 412 g/mol. The van der Waals surface area contributed by atoms with Crippen LogP contribution in [0.25, 0.3) is 27.7 Å². The molecule has 0 aliphatic carbocycles. The molecule has 3 N–H and O–H groups in total. The largest absolute Gasteiger partial charge is 0.353 e. The molecular weight excluding hydrogens is 388 g/mol. The maximum Gasteiger partial charge on any atom is 0.248 e. The van der Waals surface area contributed by atoms with E-state index in [1.54, 1.807) is 12.3 Å². The molecule has 31 heavy (non-hydrogen) atoms. The van der Waals surface area contributed by atoms with Crippen molar-refractivity contribution in [1.82, 2.24) is 25.1 Å². The van der Waals surface area contributed by atoms with Crippen LogP contribution in [0.2, 0.25) is 0 Å². The Morgan fingerprint density at radius 3 is 2.77 bits per heavy atom. The molecule has 0 radical (unpaired) electrons. The van der Waals surface area contributed by atoms with Gasteiger partial charge in [-0.1, -0.05) is 12.6 Å².